The van der Waals surface area contributed by atoms with Gasteiger partial charge in [0.15, 0.2) is 0 Å². The van der Waals surface area contributed by atoms with Gasteiger partial charge >= 0.3 is 0 Å². The van der Waals surface area contributed by atoms with E-state index in [1.807, 2.05) is 0 Å². The number of allylic oxidation sites excluding steroid dienone is 3. The highest BCUT2D eigenvalue weighted by atomic mass is 16.3. The van der Waals surface area contributed by atoms with Crippen LogP contribution < -0.4 is 0 Å². The minimum Gasteiger partial charge on any atom is -0.393 e. The maximum Gasteiger partial charge on any atom is 0.0577 e. The SMILES string of the molecule is CCC(/C=C/C(C)C1CCC2C3CC=C4CC(O)CCC4(C)C3CCC12C)C(C)C. The van der Waals surface area contributed by atoms with Crippen LogP contribution in [-0.2, 0) is 0 Å². The molecule has 9 unspecified atom stereocenters. The van der Waals surface area contributed by atoms with Crippen LogP contribution in [0.2, 0.25) is 0 Å². The summed E-state index contributed by atoms with van der Waals surface area (Å²) in [6.45, 7) is 14.8. The highest BCUT2D eigenvalue weighted by molar-refractivity contribution is 5.25. The Morgan fingerprint density at radius 3 is 2.50 bits per heavy atom. The molecule has 1 heteroatoms. The van der Waals surface area contributed by atoms with E-state index in [1.165, 1.54) is 44.9 Å². The lowest BCUT2D eigenvalue weighted by Gasteiger charge is -2.58. The van der Waals surface area contributed by atoms with E-state index in [4.69, 9.17) is 0 Å². The monoisotopic (exact) mass is 412 g/mol. The third-order valence-electron chi connectivity index (χ3n) is 10.8. The van der Waals surface area contributed by atoms with Crippen molar-refractivity contribution in [1.82, 2.24) is 0 Å². The van der Waals surface area contributed by atoms with E-state index in [0.717, 1.165) is 48.3 Å². The second kappa shape index (κ2) is 8.42. The summed E-state index contributed by atoms with van der Waals surface area (Å²) < 4.78 is 0. The summed E-state index contributed by atoms with van der Waals surface area (Å²) in [5.41, 5.74) is 2.51. The van der Waals surface area contributed by atoms with E-state index < -0.39 is 0 Å². The number of aliphatic hydroxyl groups is 1. The summed E-state index contributed by atoms with van der Waals surface area (Å²) in [4.78, 5) is 0. The van der Waals surface area contributed by atoms with Crippen LogP contribution in [-0.4, -0.2) is 11.2 Å². The molecule has 4 rings (SSSR count). The van der Waals surface area contributed by atoms with Gasteiger partial charge in [0.2, 0.25) is 0 Å². The van der Waals surface area contributed by atoms with Crippen molar-refractivity contribution in [2.24, 2.45) is 52.3 Å². The second-order valence-corrected chi connectivity index (χ2v) is 12.4. The van der Waals surface area contributed by atoms with Gasteiger partial charge in [0.1, 0.15) is 0 Å². The van der Waals surface area contributed by atoms with Crippen LogP contribution >= 0.6 is 0 Å². The largest absolute Gasteiger partial charge is 0.393 e. The zero-order valence-corrected chi connectivity index (χ0v) is 20.7. The first-order chi connectivity index (χ1) is 14.2. The quantitative estimate of drug-likeness (QED) is 0.457. The zero-order valence-electron chi connectivity index (χ0n) is 20.7. The molecule has 0 aromatic rings. The van der Waals surface area contributed by atoms with E-state index in [9.17, 15) is 5.11 Å². The summed E-state index contributed by atoms with van der Waals surface area (Å²) in [7, 11) is 0. The fourth-order valence-corrected chi connectivity index (χ4v) is 8.83. The number of fused-ring (bicyclic) bond motifs is 5. The van der Waals surface area contributed by atoms with Crippen molar-refractivity contribution in [2.45, 2.75) is 105 Å². The average Bonchev–Trinajstić information content (AvgIpc) is 3.06. The van der Waals surface area contributed by atoms with Crippen LogP contribution in [0, 0.1) is 52.3 Å². The minimum absolute atomic E-state index is 0.0870. The number of aliphatic hydroxyl groups excluding tert-OH is 1. The van der Waals surface area contributed by atoms with Gasteiger partial charge in [-0.2, -0.15) is 0 Å². The minimum atomic E-state index is -0.0870. The Balaban J connectivity index is 1.52. The lowest BCUT2D eigenvalue weighted by Crippen LogP contribution is -2.50. The Morgan fingerprint density at radius 1 is 1.03 bits per heavy atom. The van der Waals surface area contributed by atoms with Gasteiger partial charge < -0.3 is 5.11 Å². The summed E-state index contributed by atoms with van der Waals surface area (Å²) in [6, 6.07) is 0. The van der Waals surface area contributed by atoms with Crippen molar-refractivity contribution < 1.29 is 5.11 Å². The Bertz CT molecular complexity index is 674. The predicted molar refractivity (Wildman–Crippen MR) is 128 cm³/mol. The first kappa shape index (κ1) is 22.6. The van der Waals surface area contributed by atoms with Crippen molar-refractivity contribution in [3.05, 3.63) is 23.8 Å². The van der Waals surface area contributed by atoms with Gasteiger partial charge in [0, 0.05) is 0 Å². The molecule has 0 saturated heterocycles. The molecule has 0 radical (unpaired) electrons. The molecule has 170 valence electrons. The van der Waals surface area contributed by atoms with Crippen molar-refractivity contribution in [1.29, 1.82) is 0 Å². The molecule has 3 saturated carbocycles. The molecule has 1 N–H and O–H groups in total. The summed E-state index contributed by atoms with van der Waals surface area (Å²) in [5, 5.41) is 10.2. The molecule has 0 bridgehead atoms. The third kappa shape index (κ3) is 3.66. The fraction of sp³-hybridized carbons (Fsp3) is 0.862. The average molecular weight is 413 g/mol. The Hall–Kier alpha value is -0.560. The molecule has 0 aromatic heterocycles. The number of hydrogen-bond acceptors (Lipinski definition) is 1. The molecule has 0 amide bonds. The molecular weight excluding hydrogens is 364 g/mol. The van der Waals surface area contributed by atoms with Crippen LogP contribution in [0.1, 0.15) is 99.3 Å². The summed E-state index contributed by atoms with van der Waals surface area (Å²) >= 11 is 0. The molecule has 0 aromatic carbocycles. The van der Waals surface area contributed by atoms with Gasteiger partial charge in [-0.05, 0) is 110 Å². The maximum absolute atomic E-state index is 10.2. The smallest absolute Gasteiger partial charge is 0.0577 e. The Morgan fingerprint density at radius 2 is 1.80 bits per heavy atom. The van der Waals surface area contributed by atoms with Gasteiger partial charge in [0.25, 0.3) is 0 Å². The Kier molecular flexibility index (Phi) is 6.35. The van der Waals surface area contributed by atoms with Crippen molar-refractivity contribution in [3.63, 3.8) is 0 Å². The van der Waals surface area contributed by atoms with Gasteiger partial charge in [-0.15, -0.1) is 0 Å². The normalized spacial score (nSPS) is 45.6. The van der Waals surface area contributed by atoms with Gasteiger partial charge in [-0.3, -0.25) is 0 Å². The first-order valence-corrected chi connectivity index (χ1v) is 13.3. The standard InChI is InChI=1S/C29H48O/c1-7-21(19(2)3)9-8-20(4)25-12-13-26-24-11-10-22-18-23(30)14-16-28(22,5)27(24)15-17-29(25,26)6/h8-10,19-21,23-27,30H,7,11-18H2,1-6H3/b9-8+. The molecule has 1 nitrogen and oxygen atoms in total. The van der Waals surface area contributed by atoms with Crippen molar-refractivity contribution in [3.8, 4) is 0 Å². The summed E-state index contributed by atoms with van der Waals surface area (Å²) in [5.74, 6) is 5.70. The molecule has 9 atom stereocenters. The second-order valence-electron chi connectivity index (χ2n) is 12.4. The molecule has 0 heterocycles. The van der Waals surface area contributed by atoms with E-state index in [0.29, 0.717) is 16.7 Å². The highest BCUT2D eigenvalue weighted by Gasteiger charge is 2.58. The van der Waals surface area contributed by atoms with E-state index in [1.54, 1.807) is 5.57 Å². The lowest BCUT2D eigenvalue weighted by atomic mass is 9.47. The van der Waals surface area contributed by atoms with E-state index in [2.05, 4.69) is 59.8 Å². The van der Waals surface area contributed by atoms with Gasteiger partial charge in [0.05, 0.1) is 6.10 Å². The molecule has 3 fully saturated rings. The molecule has 4 aliphatic rings. The predicted octanol–water partition coefficient (Wildman–Crippen LogP) is 7.80. The fourth-order valence-electron chi connectivity index (χ4n) is 8.83. The zero-order chi connectivity index (χ0) is 21.7. The van der Waals surface area contributed by atoms with Crippen molar-refractivity contribution >= 4 is 0 Å². The highest BCUT2D eigenvalue weighted by Crippen LogP contribution is 2.67. The third-order valence-corrected chi connectivity index (χ3v) is 10.8. The van der Waals surface area contributed by atoms with Crippen molar-refractivity contribution in [2.75, 3.05) is 0 Å². The van der Waals surface area contributed by atoms with Crippen LogP contribution in [0.4, 0.5) is 0 Å². The first-order valence-electron chi connectivity index (χ1n) is 13.3. The van der Waals surface area contributed by atoms with Gasteiger partial charge in [-0.1, -0.05) is 65.3 Å². The summed E-state index contributed by atoms with van der Waals surface area (Å²) in [6.07, 6.45) is 19.1. The maximum atomic E-state index is 10.2. The molecule has 0 aliphatic heterocycles. The molecule has 4 aliphatic carbocycles. The molecule has 0 spiro atoms. The molecule has 30 heavy (non-hydrogen) atoms. The van der Waals surface area contributed by atoms with Crippen LogP contribution in [0.3, 0.4) is 0 Å². The topological polar surface area (TPSA) is 20.2 Å². The van der Waals surface area contributed by atoms with Crippen LogP contribution in [0.25, 0.3) is 0 Å². The van der Waals surface area contributed by atoms with E-state index in [-0.39, 0.29) is 6.10 Å². The Labute approximate surface area is 186 Å². The van der Waals surface area contributed by atoms with E-state index >= 15 is 0 Å². The van der Waals surface area contributed by atoms with Crippen LogP contribution in [0.5, 0.6) is 0 Å². The van der Waals surface area contributed by atoms with Crippen LogP contribution in [0.15, 0.2) is 23.8 Å². The number of hydrogen-bond donors (Lipinski definition) is 1. The van der Waals surface area contributed by atoms with Gasteiger partial charge in [-0.25, -0.2) is 0 Å². The number of rotatable bonds is 5. The molecular formula is C29H48O. The lowest BCUT2D eigenvalue weighted by molar-refractivity contribution is -0.0540.